The van der Waals surface area contributed by atoms with Crippen LogP contribution >= 0.6 is 11.3 Å². The van der Waals surface area contributed by atoms with Crippen LogP contribution in [0, 0.1) is 12.3 Å². The van der Waals surface area contributed by atoms with Crippen LogP contribution in [0.3, 0.4) is 0 Å². The highest BCUT2D eigenvalue weighted by atomic mass is 32.2. The van der Waals surface area contributed by atoms with Crippen molar-refractivity contribution in [3.8, 4) is 0 Å². The van der Waals surface area contributed by atoms with Crippen molar-refractivity contribution >= 4 is 43.2 Å². The standard InChI is InChI=1S/C21H22N4O3S2/c1-13-5-6-15-11-19(29-18(15)9-13)30(27,28)24-17-7-8-25(21(17)26)12-14-3-2-4-16(10-14)20(22)23/h2-6,9-11,17,24H,7-8,12H2,1H3,(H3,22,23)/t17-/m0/s1. The molecule has 7 nitrogen and oxygen atoms in total. The van der Waals surface area contributed by atoms with Crippen molar-refractivity contribution in [2.45, 2.75) is 30.1 Å². The molecule has 30 heavy (non-hydrogen) atoms. The predicted molar refractivity (Wildman–Crippen MR) is 118 cm³/mol. The predicted octanol–water partition coefficient (Wildman–Crippen LogP) is 2.57. The van der Waals surface area contributed by atoms with E-state index in [2.05, 4.69) is 4.72 Å². The number of carbonyl (C=O) groups is 1. The zero-order valence-corrected chi connectivity index (χ0v) is 18.0. The van der Waals surface area contributed by atoms with E-state index in [1.165, 1.54) is 11.3 Å². The summed E-state index contributed by atoms with van der Waals surface area (Å²) in [6, 6.07) is 13.8. The third-order valence-electron chi connectivity index (χ3n) is 5.12. The second-order valence-electron chi connectivity index (χ2n) is 7.44. The van der Waals surface area contributed by atoms with E-state index in [4.69, 9.17) is 11.1 Å². The SMILES string of the molecule is Cc1ccc2cc(S(=O)(=O)N[C@H]3CCN(Cc4cccc(C(=N)N)c4)C3=O)sc2c1. The maximum atomic E-state index is 12.9. The van der Waals surface area contributed by atoms with Crippen LogP contribution in [0.1, 0.15) is 23.1 Å². The van der Waals surface area contributed by atoms with Gasteiger partial charge in [-0.25, -0.2) is 8.42 Å². The number of thiophene rings is 1. The Hall–Kier alpha value is -2.75. The van der Waals surface area contributed by atoms with Crippen molar-refractivity contribution in [2.24, 2.45) is 5.73 Å². The number of benzene rings is 2. The number of nitrogens with two attached hydrogens (primary N) is 1. The van der Waals surface area contributed by atoms with Crippen molar-refractivity contribution < 1.29 is 13.2 Å². The van der Waals surface area contributed by atoms with Gasteiger partial charge in [0.1, 0.15) is 16.1 Å². The summed E-state index contributed by atoms with van der Waals surface area (Å²) in [5.74, 6) is -0.280. The molecule has 1 saturated heterocycles. The lowest BCUT2D eigenvalue weighted by atomic mass is 10.1. The van der Waals surface area contributed by atoms with Crippen molar-refractivity contribution in [1.82, 2.24) is 9.62 Å². The molecule has 0 saturated carbocycles. The molecule has 1 aromatic heterocycles. The fourth-order valence-electron chi connectivity index (χ4n) is 3.55. The largest absolute Gasteiger partial charge is 0.384 e. The molecule has 0 aliphatic carbocycles. The lowest BCUT2D eigenvalue weighted by molar-refractivity contribution is -0.129. The minimum absolute atomic E-state index is 0.0336. The summed E-state index contributed by atoms with van der Waals surface area (Å²) in [6.07, 6.45) is 0.411. The number of rotatable bonds is 6. The Balaban J connectivity index is 1.48. The van der Waals surface area contributed by atoms with Gasteiger partial charge in [0.15, 0.2) is 0 Å². The Kier molecular flexibility index (Phi) is 5.35. The first-order valence-corrected chi connectivity index (χ1v) is 11.8. The van der Waals surface area contributed by atoms with Gasteiger partial charge >= 0.3 is 0 Å². The van der Waals surface area contributed by atoms with Crippen LogP contribution < -0.4 is 10.5 Å². The first-order chi connectivity index (χ1) is 14.2. The fraction of sp³-hybridized carbons (Fsp3) is 0.238. The minimum Gasteiger partial charge on any atom is -0.384 e. The Morgan fingerprint density at radius 2 is 2.07 bits per heavy atom. The highest BCUT2D eigenvalue weighted by Gasteiger charge is 2.35. The molecule has 0 unspecified atom stereocenters. The van der Waals surface area contributed by atoms with Gasteiger partial charge in [0, 0.05) is 23.4 Å². The molecule has 0 radical (unpaired) electrons. The molecule has 3 aromatic rings. The number of amidine groups is 1. The van der Waals surface area contributed by atoms with E-state index in [1.54, 1.807) is 29.2 Å². The maximum absolute atomic E-state index is 12.9. The number of nitrogens with one attached hydrogen (secondary N) is 2. The molecule has 1 amide bonds. The number of nitrogens with zero attached hydrogens (tertiary/aromatic N) is 1. The Bertz CT molecular complexity index is 1250. The third-order valence-corrected chi connectivity index (χ3v) is 8.17. The first-order valence-electron chi connectivity index (χ1n) is 9.47. The van der Waals surface area contributed by atoms with Gasteiger partial charge in [0.2, 0.25) is 5.91 Å². The van der Waals surface area contributed by atoms with Crippen LogP contribution in [0.5, 0.6) is 0 Å². The van der Waals surface area contributed by atoms with E-state index in [9.17, 15) is 13.2 Å². The zero-order chi connectivity index (χ0) is 21.5. The summed E-state index contributed by atoms with van der Waals surface area (Å²) in [4.78, 5) is 14.4. The number of amides is 1. The summed E-state index contributed by atoms with van der Waals surface area (Å²) in [7, 11) is -3.79. The molecule has 1 atom stereocenters. The smallest absolute Gasteiger partial charge is 0.250 e. The third kappa shape index (κ3) is 4.09. The number of fused-ring (bicyclic) bond motifs is 1. The first kappa shape index (κ1) is 20.5. The second kappa shape index (κ2) is 7.82. The summed E-state index contributed by atoms with van der Waals surface area (Å²) in [6.45, 7) is 2.77. The number of hydrogen-bond donors (Lipinski definition) is 3. The molecule has 1 aliphatic heterocycles. The lowest BCUT2D eigenvalue weighted by Gasteiger charge is -2.17. The van der Waals surface area contributed by atoms with Gasteiger partial charge in [-0.1, -0.05) is 30.3 Å². The van der Waals surface area contributed by atoms with Crippen LogP contribution in [-0.4, -0.2) is 37.6 Å². The van der Waals surface area contributed by atoms with Gasteiger partial charge in [-0.15, -0.1) is 11.3 Å². The molecule has 0 bridgehead atoms. The summed E-state index contributed by atoms with van der Waals surface area (Å²) in [5, 5.41) is 8.41. The summed E-state index contributed by atoms with van der Waals surface area (Å²) < 4.78 is 29.4. The molecule has 1 aliphatic rings. The number of sulfonamides is 1. The summed E-state index contributed by atoms with van der Waals surface area (Å²) >= 11 is 1.20. The van der Waals surface area contributed by atoms with E-state index in [1.807, 2.05) is 31.2 Å². The van der Waals surface area contributed by atoms with Crippen molar-refractivity contribution in [3.05, 3.63) is 65.2 Å². The molecule has 4 rings (SSSR count). The second-order valence-corrected chi connectivity index (χ2v) is 10.5. The maximum Gasteiger partial charge on any atom is 0.250 e. The number of likely N-dealkylation sites (tertiary alicyclic amines) is 1. The minimum atomic E-state index is -3.79. The number of nitrogen functional groups attached to an aromatic ring is 1. The van der Waals surface area contributed by atoms with Gasteiger partial charge in [0.25, 0.3) is 10.0 Å². The molecule has 0 spiro atoms. The van der Waals surface area contributed by atoms with Crippen LogP contribution in [0.4, 0.5) is 0 Å². The molecule has 156 valence electrons. The Labute approximate surface area is 179 Å². The number of hydrogen-bond acceptors (Lipinski definition) is 5. The van der Waals surface area contributed by atoms with Crippen LogP contribution in [0.15, 0.2) is 52.7 Å². The molecule has 2 heterocycles. The van der Waals surface area contributed by atoms with E-state index < -0.39 is 16.1 Å². The monoisotopic (exact) mass is 442 g/mol. The van der Waals surface area contributed by atoms with Gasteiger partial charge in [-0.2, -0.15) is 4.72 Å². The van der Waals surface area contributed by atoms with E-state index in [0.29, 0.717) is 25.1 Å². The van der Waals surface area contributed by atoms with Gasteiger partial charge in [-0.3, -0.25) is 10.2 Å². The van der Waals surface area contributed by atoms with Gasteiger partial charge < -0.3 is 10.6 Å². The van der Waals surface area contributed by atoms with E-state index in [0.717, 1.165) is 21.2 Å². The van der Waals surface area contributed by atoms with E-state index in [-0.39, 0.29) is 16.0 Å². The quantitative estimate of drug-likeness (QED) is 0.402. The Morgan fingerprint density at radius 3 is 2.83 bits per heavy atom. The molecular weight excluding hydrogens is 420 g/mol. The molecule has 4 N–H and O–H groups in total. The highest BCUT2D eigenvalue weighted by molar-refractivity contribution is 7.91. The molecule has 2 aromatic carbocycles. The van der Waals surface area contributed by atoms with Crippen molar-refractivity contribution in [1.29, 1.82) is 5.41 Å². The normalized spacial score (nSPS) is 17.0. The summed E-state index contributed by atoms with van der Waals surface area (Å²) in [5.41, 5.74) is 8.03. The average Bonchev–Trinajstić information content (AvgIpc) is 3.27. The van der Waals surface area contributed by atoms with Crippen molar-refractivity contribution in [3.63, 3.8) is 0 Å². The number of carbonyl (C=O) groups excluding carboxylic acids is 1. The highest BCUT2D eigenvalue weighted by Crippen LogP contribution is 2.30. The van der Waals surface area contributed by atoms with Gasteiger partial charge in [-0.05, 0) is 48.1 Å². The topological polar surface area (TPSA) is 116 Å². The van der Waals surface area contributed by atoms with E-state index >= 15 is 0 Å². The molecule has 1 fully saturated rings. The average molecular weight is 443 g/mol. The lowest BCUT2D eigenvalue weighted by Crippen LogP contribution is -2.41. The molecule has 9 heteroatoms. The molecular formula is C21H22N4O3S2. The fourth-order valence-corrected chi connectivity index (χ4v) is 6.29. The zero-order valence-electron chi connectivity index (χ0n) is 16.4. The van der Waals surface area contributed by atoms with Gasteiger partial charge in [0.05, 0.1) is 0 Å². The number of aryl methyl sites for hydroxylation is 1. The van der Waals surface area contributed by atoms with Crippen molar-refractivity contribution in [2.75, 3.05) is 6.54 Å². The van der Waals surface area contributed by atoms with Crippen LogP contribution in [-0.2, 0) is 21.4 Å². The van der Waals surface area contributed by atoms with Crippen LogP contribution in [0.25, 0.3) is 10.1 Å². The Morgan fingerprint density at radius 1 is 1.27 bits per heavy atom. The van der Waals surface area contributed by atoms with Crippen LogP contribution in [0.2, 0.25) is 0 Å².